The van der Waals surface area contributed by atoms with Gasteiger partial charge in [-0.1, -0.05) is 18.2 Å². The van der Waals surface area contributed by atoms with E-state index < -0.39 is 0 Å². The van der Waals surface area contributed by atoms with Gasteiger partial charge in [0.05, 0.1) is 6.42 Å². The SMILES string of the molecule is Cl.NCCCC(=O)N1CCN(C(=O)Cc2ccccc2F)CC1. The molecule has 0 unspecified atom stereocenters. The van der Waals surface area contributed by atoms with Gasteiger partial charge >= 0.3 is 0 Å². The lowest BCUT2D eigenvalue weighted by molar-refractivity contribution is -0.139. The topological polar surface area (TPSA) is 66.6 Å². The van der Waals surface area contributed by atoms with Crippen molar-refractivity contribution in [2.45, 2.75) is 19.3 Å². The van der Waals surface area contributed by atoms with Gasteiger partial charge in [-0.25, -0.2) is 4.39 Å². The molecule has 2 amide bonds. The normalized spacial score (nSPS) is 14.3. The molecule has 2 rings (SSSR count). The van der Waals surface area contributed by atoms with Crippen LogP contribution in [0.25, 0.3) is 0 Å². The lowest BCUT2D eigenvalue weighted by Crippen LogP contribution is -2.51. The zero-order valence-corrected chi connectivity index (χ0v) is 13.9. The molecule has 128 valence electrons. The van der Waals surface area contributed by atoms with Gasteiger partial charge in [0.2, 0.25) is 11.8 Å². The van der Waals surface area contributed by atoms with E-state index in [-0.39, 0.29) is 36.5 Å². The Morgan fingerprint density at radius 3 is 2.17 bits per heavy atom. The molecule has 0 aliphatic carbocycles. The first-order valence-electron chi connectivity index (χ1n) is 7.61. The minimum Gasteiger partial charge on any atom is -0.339 e. The van der Waals surface area contributed by atoms with Crippen LogP contribution in [0.4, 0.5) is 4.39 Å². The van der Waals surface area contributed by atoms with Crippen LogP contribution in [0.2, 0.25) is 0 Å². The first-order valence-corrected chi connectivity index (χ1v) is 7.61. The summed E-state index contributed by atoms with van der Waals surface area (Å²) in [4.78, 5) is 27.6. The molecular weight excluding hydrogens is 321 g/mol. The van der Waals surface area contributed by atoms with E-state index in [0.29, 0.717) is 51.1 Å². The van der Waals surface area contributed by atoms with E-state index in [4.69, 9.17) is 5.73 Å². The van der Waals surface area contributed by atoms with Gasteiger partial charge in [0, 0.05) is 32.6 Å². The molecule has 1 aromatic carbocycles. The maximum atomic E-state index is 13.6. The van der Waals surface area contributed by atoms with Crippen LogP contribution in [0.15, 0.2) is 24.3 Å². The minimum absolute atomic E-state index is 0. The Bertz CT molecular complexity index is 534. The summed E-state index contributed by atoms with van der Waals surface area (Å²) in [6, 6.07) is 6.31. The van der Waals surface area contributed by atoms with Crippen LogP contribution in [0, 0.1) is 5.82 Å². The quantitative estimate of drug-likeness (QED) is 0.873. The number of halogens is 2. The maximum Gasteiger partial charge on any atom is 0.227 e. The van der Waals surface area contributed by atoms with Crippen molar-refractivity contribution >= 4 is 24.2 Å². The molecule has 0 radical (unpaired) electrons. The highest BCUT2D eigenvalue weighted by Crippen LogP contribution is 2.11. The molecular formula is C16H23ClFN3O2. The summed E-state index contributed by atoms with van der Waals surface area (Å²) in [5.41, 5.74) is 5.81. The second-order valence-corrected chi connectivity index (χ2v) is 5.42. The summed E-state index contributed by atoms with van der Waals surface area (Å²) in [5.74, 6) is -0.364. The number of hydrogen-bond acceptors (Lipinski definition) is 3. The molecule has 0 saturated carbocycles. The lowest BCUT2D eigenvalue weighted by atomic mass is 10.1. The number of hydrogen-bond donors (Lipinski definition) is 1. The molecule has 1 aromatic rings. The Hall–Kier alpha value is -1.66. The van der Waals surface area contributed by atoms with E-state index in [0.717, 1.165) is 0 Å². The van der Waals surface area contributed by atoms with Crippen molar-refractivity contribution in [1.29, 1.82) is 0 Å². The Balaban J connectivity index is 0.00000264. The number of rotatable bonds is 5. The number of amides is 2. The summed E-state index contributed by atoms with van der Waals surface area (Å²) < 4.78 is 13.6. The first-order chi connectivity index (χ1) is 10.6. The van der Waals surface area contributed by atoms with Crippen molar-refractivity contribution in [1.82, 2.24) is 9.80 Å². The molecule has 2 N–H and O–H groups in total. The number of benzene rings is 1. The van der Waals surface area contributed by atoms with Gasteiger partial charge in [0.1, 0.15) is 5.82 Å². The van der Waals surface area contributed by atoms with Crippen molar-refractivity contribution in [3.63, 3.8) is 0 Å². The molecule has 7 heteroatoms. The van der Waals surface area contributed by atoms with Crippen LogP contribution in [0.3, 0.4) is 0 Å². The molecule has 0 aromatic heterocycles. The summed E-state index contributed by atoms with van der Waals surface area (Å²) in [5, 5.41) is 0. The Kier molecular flexibility index (Phi) is 7.98. The maximum absolute atomic E-state index is 13.6. The fraction of sp³-hybridized carbons (Fsp3) is 0.500. The van der Waals surface area contributed by atoms with Gasteiger partial charge in [0.25, 0.3) is 0 Å². The molecule has 1 saturated heterocycles. The number of carbonyl (C=O) groups is 2. The average molecular weight is 344 g/mol. The zero-order valence-electron chi connectivity index (χ0n) is 13.0. The van der Waals surface area contributed by atoms with Gasteiger partial charge in [-0.3, -0.25) is 9.59 Å². The van der Waals surface area contributed by atoms with Crippen molar-refractivity contribution in [2.75, 3.05) is 32.7 Å². The van der Waals surface area contributed by atoms with E-state index in [2.05, 4.69) is 0 Å². The summed E-state index contributed by atoms with van der Waals surface area (Å²) >= 11 is 0. The van der Waals surface area contributed by atoms with E-state index in [9.17, 15) is 14.0 Å². The number of nitrogens with two attached hydrogens (primary N) is 1. The third-order valence-electron chi connectivity index (χ3n) is 3.88. The molecule has 1 fully saturated rings. The van der Waals surface area contributed by atoms with Crippen molar-refractivity contribution in [3.8, 4) is 0 Å². The third-order valence-corrected chi connectivity index (χ3v) is 3.88. The lowest BCUT2D eigenvalue weighted by Gasteiger charge is -2.35. The van der Waals surface area contributed by atoms with Gasteiger partial charge < -0.3 is 15.5 Å². The molecule has 5 nitrogen and oxygen atoms in total. The van der Waals surface area contributed by atoms with Gasteiger partial charge in [-0.05, 0) is 24.6 Å². The summed E-state index contributed by atoms with van der Waals surface area (Å²) in [7, 11) is 0. The Labute approximate surface area is 142 Å². The fourth-order valence-electron chi connectivity index (χ4n) is 2.53. The summed E-state index contributed by atoms with van der Waals surface area (Å²) in [6.07, 6.45) is 1.21. The van der Waals surface area contributed by atoms with Gasteiger partial charge in [0.15, 0.2) is 0 Å². The van der Waals surface area contributed by atoms with Crippen LogP contribution in [-0.2, 0) is 16.0 Å². The third kappa shape index (κ3) is 5.48. The number of nitrogens with zero attached hydrogens (tertiary/aromatic N) is 2. The summed E-state index contributed by atoms with van der Waals surface area (Å²) in [6.45, 7) is 2.58. The monoisotopic (exact) mass is 343 g/mol. The minimum atomic E-state index is -0.355. The van der Waals surface area contributed by atoms with Crippen LogP contribution >= 0.6 is 12.4 Å². The molecule has 23 heavy (non-hydrogen) atoms. The van der Waals surface area contributed by atoms with Crippen molar-refractivity contribution in [2.24, 2.45) is 5.73 Å². The highest BCUT2D eigenvalue weighted by Gasteiger charge is 2.24. The predicted octanol–water partition coefficient (Wildman–Crippen LogP) is 1.20. The van der Waals surface area contributed by atoms with Crippen LogP contribution in [0.1, 0.15) is 18.4 Å². The van der Waals surface area contributed by atoms with E-state index in [1.165, 1.54) is 6.07 Å². The molecule has 1 aliphatic heterocycles. The van der Waals surface area contributed by atoms with Crippen LogP contribution in [-0.4, -0.2) is 54.3 Å². The van der Waals surface area contributed by atoms with Crippen LogP contribution < -0.4 is 5.73 Å². The molecule has 1 aliphatic rings. The molecule has 0 spiro atoms. The second-order valence-electron chi connectivity index (χ2n) is 5.42. The standard InChI is InChI=1S/C16H22FN3O2.ClH/c17-14-5-2-1-4-13(14)12-16(22)20-10-8-19(9-11-20)15(21)6-3-7-18;/h1-2,4-5H,3,6-12,18H2;1H. The smallest absolute Gasteiger partial charge is 0.227 e. The van der Waals surface area contributed by atoms with Gasteiger partial charge in [-0.15, -0.1) is 12.4 Å². The highest BCUT2D eigenvalue weighted by molar-refractivity contribution is 5.85. The first kappa shape index (κ1) is 19.4. The zero-order chi connectivity index (χ0) is 15.9. The van der Waals surface area contributed by atoms with Crippen LogP contribution in [0.5, 0.6) is 0 Å². The largest absolute Gasteiger partial charge is 0.339 e. The fourth-order valence-corrected chi connectivity index (χ4v) is 2.53. The van der Waals surface area contributed by atoms with Gasteiger partial charge in [-0.2, -0.15) is 0 Å². The highest BCUT2D eigenvalue weighted by atomic mass is 35.5. The molecule has 0 bridgehead atoms. The van der Waals surface area contributed by atoms with E-state index in [1.807, 2.05) is 0 Å². The van der Waals surface area contributed by atoms with Crippen molar-refractivity contribution in [3.05, 3.63) is 35.6 Å². The Morgan fingerprint density at radius 2 is 1.61 bits per heavy atom. The Morgan fingerprint density at radius 1 is 1.04 bits per heavy atom. The van der Waals surface area contributed by atoms with Crippen molar-refractivity contribution < 1.29 is 14.0 Å². The predicted molar refractivity (Wildman–Crippen MR) is 88.8 cm³/mol. The molecule has 0 atom stereocenters. The van der Waals surface area contributed by atoms with E-state index in [1.54, 1.807) is 28.0 Å². The molecule has 1 heterocycles. The second kappa shape index (κ2) is 9.47. The number of carbonyl (C=O) groups excluding carboxylic acids is 2. The van der Waals surface area contributed by atoms with E-state index >= 15 is 0 Å². The average Bonchev–Trinajstić information content (AvgIpc) is 2.55. The number of piperazine rings is 1.